The summed E-state index contributed by atoms with van der Waals surface area (Å²) < 4.78 is 14.0. The summed E-state index contributed by atoms with van der Waals surface area (Å²) in [6.07, 6.45) is 2.45. The molecule has 0 saturated heterocycles. The van der Waals surface area contributed by atoms with E-state index in [-0.39, 0.29) is 11.5 Å². The van der Waals surface area contributed by atoms with Gasteiger partial charge < -0.3 is 10.4 Å². The number of carbonyl (C=O) groups is 2. The molecule has 1 aliphatic rings. The van der Waals surface area contributed by atoms with Crippen LogP contribution in [0.2, 0.25) is 0 Å². The smallest absolute Gasteiger partial charge is 0.329 e. The molecule has 1 aromatic rings. The molecule has 2 atom stereocenters. The van der Waals surface area contributed by atoms with Crippen LogP contribution >= 0.6 is 0 Å². The lowest BCUT2D eigenvalue weighted by atomic mass is 9.76. The number of carboxylic acid groups (broad SMARTS) is 1. The van der Waals surface area contributed by atoms with Crippen LogP contribution in [-0.2, 0) is 4.79 Å². The Balaban J connectivity index is 2.27. The van der Waals surface area contributed by atoms with Gasteiger partial charge in [0.05, 0.1) is 5.56 Å². The van der Waals surface area contributed by atoms with E-state index in [0.29, 0.717) is 18.4 Å². The Kier molecular flexibility index (Phi) is 4.30. The van der Waals surface area contributed by atoms with Gasteiger partial charge in [-0.15, -0.1) is 0 Å². The molecule has 1 amide bonds. The van der Waals surface area contributed by atoms with Crippen molar-refractivity contribution >= 4 is 11.9 Å². The summed E-state index contributed by atoms with van der Waals surface area (Å²) in [4.78, 5) is 23.9. The summed E-state index contributed by atoms with van der Waals surface area (Å²) >= 11 is 0. The van der Waals surface area contributed by atoms with Crippen molar-refractivity contribution in [3.05, 3.63) is 35.1 Å². The Morgan fingerprint density at radius 1 is 1.43 bits per heavy atom. The van der Waals surface area contributed by atoms with Crippen molar-refractivity contribution in [2.75, 3.05) is 0 Å². The molecule has 0 heterocycles. The number of halogens is 1. The van der Waals surface area contributed by atoms with Crippen LogP contribution < -0.4 is 5.32 Å². The van der Waals surface area contributed by atoms with Gasteiger partial charge in [0.1, 0.15) is 11.4 Å². The summed E-state index contributed by atoms with van der Waals surface area (Å²) in [5.74, 6) is -2.08. The predicted molar refractivity (Wildman–Crippen MR) is 76.6 cm³/mol. The van der Waals surface area contributed by atoms with Gasteiger partial charge >= 0.3 is 5.97 Å². The monoisotopic (exact) mass is 293 g/mol. The largest absolute Gasteiger partial charge is 0.480 e. The Morgan fingerprint density at radius 3 is 2.76 bits per heavy atom. The Bertz CT molecular complexity index is 573. The summed E-state index contributed by atoms with van der Waals surface area (Å²) in [6, 6.07) is 4.53. The van der Waals surface area contributed by atoms with E-state index in [4.69, 9.17) is 0 Å². The number of hydrogen-bond acceptors (Lipinski definition) is 2. The van der Waals surface area contributed by atoms with Crippen molar-refractivity contribution in [3.8, 4) is 0 Å². The number of nitrogens with one attached hydrogen (secondary N) is 1. The average Bonchev–Trinajstić information content (AvgIpc) is 2.41. The number of aryl methyl sites for hydroxylation is 1. The van der Waals surface area contributed by atoms with Gasteiger partial charge in [-0.3, -0.25) is 4.79 Å². The third-order valence-corrected chi connectivity index (χ3v) is 4.20. The highest BCUT2D eigenvalue weighted by Crippen LogP contribution is 2.33. The first-order valence-electron chi connectivity index (χ1n) is 7.17. The van der Waals surface area contributed by atoms with Crippen LogP contribution in [0.5, 0.6) is 0 Å². The Labute approximate surface area is 123 Å². The van der Waals surface area contributed by atoms with E-state index in [1.54, 1.807) is 19.1 Å². The highest BCUT2D eigenvalue weighted by molar-refractivity contribution is 5.98. The minimum atomic E-state index is -1.29. The van der Waals surface area contributed by atoms with E-state index in [1.807, 2.05) is 6.92 Å². The van der Waals surface area contributed by atoms with Crippen molar-refractivity contribution in [3.63, 3.8) is 0 Å². The number of benzene rings is 1. The molecule has 1 aliphatic carbocycles. The number of hydrogen-bond donors (Lipinski definition) is 2. The molecule has 1 saturated carbocycles. The SMILES string of the molecule is Cc1cccc(C(=O)NC2(C(=O)O)CCCC(C)C2)c1F. The third-order valence-electron chi connectivity index (χ3n) is 4.20. The van der Waals surface area contributed by atoms with Crippen molar-refractivity contribution in [1.29, 1.82) is 0 Å². The summed E-state index contributed by atoms with van der Waals surface area (Å²) in [5, 5.41) is 12.1. The predicted octanol–water partition coefficient (Wildman–Crippen LogP) is 2.90. The topological polar surface area (TPSA) is 66.4 Å². The van der Waals surface area contributed by atoms with Crippen molar-refractivity contribution < 1.29 is 19.1 Å². The van der Waals surface area contributed by atoms with Crippen LogP contribution in [0.25, 0.3) is 0 Å². The molecule has 1 aromatic carbocycles. The minimum Gasteiger partial charge on any atom is -0.480 e. The first kappa shape index (κ1) is 15.5. The molecule has 2 unspecified atom stereocenters. The minimum absolute atomic E-state index is 0.103. The van der Waals surface area contributed by atoms with Gasteiger partial charge in [-0.1, -0.05) is 31.9 Å². The second-order valence-electron chi connectivity index (χ2n) is 5.98. The lowest BCUT2D eigenvalue weighted by molar-refractivity contribution is -0.146. The molecule has 0 bridgehead atoms. The molecule has 1 fully saturated rings. The summed E-state index contributed by atoms with van der Waals surface area (Å²) in [7, 11) is 0. The molecule has 4 nitrogen and oxygen atoms in total. The molecule has 0 aliphatic heterocycles. The van der Waals surface area contributed by atoms with Gasteiger partial charge in [0, 0.05) is 0 Å². The van der Waals surface area contributed by atoms with E-state index < -0.39 is 23.2 Å². The fourth-order valence-electron chi connectivity index (χ4n) is 3.02. The maximum absolute atomic E-state index is 14.0. The van der Waals surface area contributed by atoms with Crippen LogP contribution in [0.1, 0.15) is 48.5 Å². The van der Waals surface area contributed by atoms with E-state index in [1.165, 1.54) is 6.07 Å². The molecule has 2 N–H and O–H groups in total. The van der Waals surface area contributed by atoms with E-state index in [2.05, 4.69) is 5.32 Å². The highest BCUT2D eigenvalue weighted by atomic mass is 19.1. The van der Waals surface area contributed by atoms with Crippen molar-refractivity contribution in [2.45, 2.75) is 45.1 Å². The third kappa shape index (κ3) is 3.06. The van der Waals surface area contributed by atoms with Gasteiger partial charge in [0.15, 0.2) is 0 Å². The lowest BCUT2D eigenvalue weighted by Gasteiger charge is -2.37. The van der Waals surface area contributed by atoms with Crippen LogP contribution in [0.15, 0.2) is 18.2 Å². The average molecular weight is 293 g/mol. The first-order chi connectivity index (χ1) is 9.85. The van der Waals surface area contributed by atoms with E-state index in [9.17, 15) is 19.1 Å². The van der Waals surface area contributed by atoms with Gasteiger partial charge in [0.25, 0.3) is 5.91 Å². The molecule has 0 aromatic heterocycles. The van der Waals surface area contributed by atoms with Gasteiger partial charge in [-0.05, 0) is 37.3 Å². The zero-order valence-electron chi connectivity index (χ0n) is 12.3. The zero-order chi connectivity index (χ0) is 15.6. The van der Waals surface area contributed by atoms with Crippen LogP contribution in [0.4, 0.5) is 4.39 Å². The Hall–Kier alpha value is -1.91. The molecule has 114 valence electrons. The summed E-state index contributed by atoms with van der Waals surface area (Å²) in [5.41, 5.74) is -1.02. The second kappa shape index (κ2) is 5.84. The quantitative estimate of drug-likeness (QED) is 0.900. The van der Waals surface area contributed by atoms with E-state index in [0.717, 1.165) is 12.8 Å². The fourth-order valence-corrected chi connectivity index (χ4v) is 3.02. The molecular weight excluding hydrogens is 273 g/mol. The maximum Gasteiger partial charge on any atom is 0.329 e. The molecule has 5 heteroatoms. The lowest BCUT2D eigenvalue weighted by Crippen LogP contribution is -2.56. The molecule has 0 spiro atoms. The standard InChI is InChI=1S/C16H20FNO3/c1-10-5-4-8-16(9-10,15(20)21)18-14(19)12-7-3-6-11(2)13(12)17/h3,6-7,10H,4-5,8-9H2,1-2H3,(H,18,19)(H,20,21). The number of aliphatic carboxylic acids is 1. The number of carboxylic acids is 1. The fraction of sp³-hybridized carbons (Fsp3) is 0.500. The van der Waals surface area contributed by atoms with Gasteiger partial charge in [-0.2, -0.15) is 0 Å². The van der Waals surface area contributed by atoms with Gasteiger partial charge in [-0.25, -0.2) is 9.18 Å². The molecule has 0 radical (unpaired) electrons. The Morgan fingerprint density at radius 2 is 2.14 bits per heavy atom. The van der Waals surface area contributed by atoms with Crippen molar-refractivity contribution in [1.82, 2.24) is 5.32 Å². The molecule has 21 heavy (non-hydrogen) atoms. The maximum atomic E-state index is 14.0. The highest BCUT2D eigenvalue weighted by Gasteiger charge is 2.43. The molecular formula is C16H20FNO3. The van der Waals surface area contributed by atoms with Gasteiger partial charge in [0.2, 0.25) is 0 Å². The molecule has 2 rings (SSSR count). The summed E-state index contributed by atoms with van der Waals surface area (Å²) in [6.45, 7) is 3.54. The first-order valence-corrected chi connectivity index (χ1v) is 7.17. The van der Waals surface area contributed by atoms with Crippen LogP contribution in [0.3, 0.4) is 0 Å². The van der Waals surface area contributed by atoms with Crippen LogP contribution in [0, 0.1) is 18.7 Å². The van der Waals surface area contributed by atoms with E-state index >= 15 is 0 Å². The normalized spacial score (nSPS) is 25.4. The number of amides is 1. The number of rotatable bonds is 3. The number of carbonyl (C=O) groups excluding carboxylic acids is 1. The zero-order valence-corrected chi connectivity index (χ0v) is 12.3. The van der Waals surface area contributed by atoms with Crippen molar-refractivity contribution in [2.24, 2.45) is 5.92 Å². The van der Waals surface area contributed by atoms with Crippen LogP contribution in [-0.4, -0.2) is 22.5 Å². The second-order valence-corrected chi connectivity index (χ2v) is 5.98.